The van der Waals surface area contributed by atoms with Crippen LogP contribution in [0.5, 0.6) is 0 Å². The van der Waals surface area contributed by atoms with Crippen molar-refractivity contribution in [2.24, 2.45) is 0 Å². The van der Waals surface area contributed by atoms with E-state index in [-0.39, 0.29) is 5.69 Å². The number of carbonyl (C=O) groups excluding carboxylic acids is 2. The summed E-state index contributed by atoms with van der Waals surface area (Å²) in [5.74, 6) is -1.27. The van der Waals surface area contributed by atoms with E-state index in [4.69, 9.17) is 4.74 Å². The molecule has 1 aromatic heterocycles. The Kier molecular flexibility index (Phi) is 4.23. The zero-order valence-electron chi connectivity index (χ0n) is 12.5. The summed E-state index contributed by atoms with van der Waals surface area (Å²) in [4.78, 5) is 23.6. The molecule has 23 heavy (non-hydrogen) atoms. The molecule has 0 aliphatic heterocycles. The highest BCUT2D eigenvalue weighted by atomic mass is 16.5. The number of nitrogens with one attached hydrogen (secondary N) is 1. The molecule has 1 aliphatic carbocycles. The number of anilines is 1. The molecule has 0 bridgehead atoms. The van der Waals surface area contributed by atoms with Gasteiger partial charge in [-0.15, -0.1) is 0 Å². The fourth-order valence-corrected chi connectivity index (χ4v) is 2.64. The first-order valence-corrected chi connectivity index (χ1v) is 7.40. The van der Waals surface area contributed by atoms with Gasteiger partial charge in [0, 0.05) is 17.8 Å². The van der Waals surface area contributed by atoms with Crippen molar-refractivity contribution < 1.29 is 19.1 Å². The topological polar surface area (TPSA) is 82.3 Å². The summed E-state index contributed by atoms with van der Waals surface area (Å²) in [6, 6.07) is 10.2. The van der Waals surface area contributed by atoms with E-state index in [0.29, 0.717) is 10.4 Å². The second-order valence-electron chi connectivity index (χ2n) is 5.37. The Bertz CT molecular complexity index is 758. The number of carbonyl (C=O) groups is 2. The Labute approximate surface area is 133 Å². The Morgan fingerprint density at radius 1 is 1.17 bits per heavy atom. The van der Waals surface area contributed by atoms with Crippen LogP contribution in [0.1, 0.15) is 28.0 Å². The van der Waals surface area contributed by atoms with Gasteiger partial charge >= 0.3 is 11.7 Å². The van der Waals surface area contributed by atoms with Crippen molar-refractivity contribution in [1.82, 2.24) is 0 Å². The van der Waals surface area contributed by atoms with Gasteiger partial charge in [0.15, 0.2) is 12.8 Å². The molecule has 0 saturated carbocycles. The molecule has 6 nitrogen and oxygen atoms in total. The van der Waals surface area contributed by atoms with Crippen LogP contribution in [0.25, 0.3) is 0 Å². The molecule has 2 aromatic rings. The Morgan fingerprint density at radius 3 is 2.83 bits per heavy atom. The molecule has 0 saturated heterocycles. The van der Waals surface area contributed by atoms with Crippen LogP contribution in [0, 0.1) is 5.21 Å². The number of ether oxygens (including phenoxy) is 1. The lowest BCUT2D eigenvalue weighted by Gasteiger charge is -2.08. The number of esters is 1. The van der Waals surface area contributed by atoms with E-state index in [2.05, 4.69) is 5.32 Å². The van der Waals surface area contributed by atoms with Crippen molar-refractivity contribution in [3.63, 3.8) is 0 Å². The number of rotatable bonds is 4. The van der Waals surface area contributed by atoms with E-state index in [1.807, 2.05) is 18.2 Å². The molecule has 1 N–H and O–H groups in total. The van der Waals surface area contributed by atoms with Gasteiger partial charge in [-0.2, -0.15) is 4.73 Å². The van der Waals surface area contributed by atoms with Crippen LogP contribution in [0.15, 0.2) is 42.6 Å². The maximum atomic E-state index is 11.9. The minimum atomic E-state index is -0.829. The quantitative estimate of drug-likeness (QED) is 0.528. The molecule has 0 radical (unpaired) electrons. The maximum absolute atomic E-state index is 11.9. The molecule has 118 valence electrons. The molecule has 1 heterocycles. The van der Waals surface area contributed by atoms with Crippen molar-refractivity contribution in [1.29, 1.82) is 0 Å². The molecule has 0 spiro atoms. The standard InChI is InChI=1S/C17H16N2O4/c20-16(11-23-17(21)15-6-1-2-9-19(15)22)18-14-8-7-12-4-3-5-13(12)10-14/h1-2,6-10H,3-5,11H2,(H,18,20). The average Bonchev–Trinajstić information content (AvgIpc) is 3.01. The Hall–Kier alpha value is -2.89. The summed E-state index contributed by atoms with van der Waals surface area (Å²) in [5, 5.41) is 14.1. The van der Waals surface area contributed by atoms with Gasteiger partial charge in [-0.3, -0.25) is 4.79 Å². The van der Waals surface area contributed by atoms with Crippen LogP contribution in [-0.4, -0.2) is 18.5 Å². The van der Waals surface area contributed by atoms with E-state index < -0.39 is 18.5 Å². The number of nitrogens with zero attached hydrogens (tertiary/aromatic N) is 1. The third kappa shape index (κ3) is 3.48. The second kappa shape index (κ2) is 6.48. The van der Waals surface area contributed by atoms with Crippen LogP contribution < -0.4 is 10.0 Å². The maximum Gasteiger partial charge on any atom is 0.405 e. The lowest BCUT2D eigenvalue weighted by atomic mass is 10.1. The van der Waals surface area contributed by atoms with Crippen LogP contribution in [0.3, 0.4) is 0 Å². The fourth-order valence-electron chi connectivity index (χ4n) is 2.64. The van der Waals surface area contributed by atoms with Gasteiger partial charge in [0.1, 0.15) is 0 Å². The molecule has 1 aromatic carbocycles. The van der Waals surface area contributed by atoms with Crippen molar-refractivity contribution in [2.45, 2.75) is 19.3 Å². The number of fused-ring (bicyclic) bond motifs is 1. The Balaban J connectivity index is 1.56. The van der Waals surface area contributed by atoms with Gasteiger partial charge in [0.25, 0.3) is 5.91 Å². The van der Waals surface area contributed by atoms with Crippen LogP contribution in [0.2, 0.25) is 0 Å². The Morgan fingerprint density at radius 2 is 2.00 bits per heavy atom. The highest BCUT2D eigenvalue weighted by Gasteiger charge is 2.18. The summed E-state index contributed by atoms with van der Waals surface area (Å²) in [5.41, 5.74) is 3.10. The molecular formula is C17H16N2O4. The van der Waals surface area contributed by atoms with E-state index in [0.717, 1.165) is 19.3 Å². The SMILES string of the molecule is O=C(COC(=O)c1cccc[n+]1[O-])Nc1ccc2c(c1)CCC2. The zero-order chi connectivity index (χ0) is 16.2. The lowest BCUT2D eigenvalue weighted by Crippen LogP contribution is -2.35. The first kappa shape index (κ1) is 15.0. The normalized spacial score (nSPS) is 12.5. The monoisotopic (exact) mass is 312 g/mol. The zero-order valence-corrected chi connectivity index (χ0v) is 12.5. The van der Waals surface area contributed by atoms with Gasteiger partial charge in [-0.05, 0) is 48.6 Å². The minimum Gasteiger partial charge on any atom is -0.618 e. The van der Waals surface area contributed by atoms with Crippen LogP contribution in [0.4, 0.5) is 5.69 Å². The molecule has 6 heteroatoms. The van der Waals surface area contributed by atoms with E-state index >= 15 is 0 Å². The molecular weight excluding hydrogens is 296 g/mol. The highest BCUT2D eigenvalue weighted by Crippen LogP contribution is 2.24. The summed E-state index contributed by atoms with van der Waals surface area (Å²) < 4.78 is 5.27. The number of amides is 1. The van der Waals surface area contributed by atoms with Crippen LogP contribution >= 0.6 is 0 Å². The first-order chi connectivity index (χ1) is 11.1. The van der Waals surface area contributed by atoms with Crippen molar-refractivity contribution >= 4 is 17.6 Å². The number of benzene rings is 1. The summed E-state index contributed by atoms with van der Waals surface area (Å²) in [6.07, 6.45) is 4.43. The molecule has 3 rings (SSSR count). The predicted molar refractivity (Wildman–Crippen MR) is 82.8 cm³/mol. The van der Waals surface area contributed by atoms with Gasteiger partial charge in [-0.25, -0.2) is 4.79 Å². The molecule has 1 aliphatic rings. The van der Waals surface area contributed by atoms with E-state index in [1.165, 1.54) is 29.5 Å². The van der Waals surface area contributed by atoms with Crippen molar-refractivity contribution in [3.05, 3.63) is 64.6 Å². The highest BCUT2D eigenvalue weighted by molar-refractivity contribution is 5.94. The third-order valence-electron chi connectivity index (χ3n) is 3.75. The fraction of sp³-hybridized carbons (Fsp3) is 0.235. The molecule has 0 unspecified atom stereocenters. The molecule has 0 atom stereocenters. The van der Waals surface area contributed by atoms with Gasteiger partial charge in [-0.1, -0.05) is 6.07 Å². The predicted octanol–water partition coefficient (Wildman–Crippen LogP) is 1.60. The third-order valence-corrected chi connectivity index (χ3v) is 3.75. The molecule has 1 amide bonds. The number of aryl methyl sites for hydroxylation is 2. The first-order valence-electron chi connectivity index (χ1n) is 7.40. The number of hydrogen-bond acceptors (Lipinski definition) is 4. The lowest BCUT2D eigenvalue weighted by molar-refractivity contribution is -0.608. The van der Waals surface area contributed by atoms with Crippen molar-refractivity contribution in [3.8, 4) is 0 Å². The van der Waals surface area contributed by atoms with E-state index in [9.17, 15) is 14.8 Å². The average molecular weight is 312 g/mol. The smallest absolute Gasteiger partial charge is 0.405 e. The second-order valence-corrected chi connectivity index (χ2v) is 5.37. The molecule has 0 fully saturated rings. The minimum absolute atomic E-state index is 0.155. The number of hydrogen-bond donors (Lipinski definition) is 1. The number of aromatic nitrogens is 1. The largest absolute Gasteiger partial charge is 0.618 e. The van der Waals surface area contributed by atoms with Gasteiger partial charge in [0.2, 0.25) is 0 Å². The summed E-state index contributed by atoms with van der Waals surface area (Å²) in [6.45, 7) is -0.440. The van der Waals surface area contributed by atoms with Gasteiger partial charge < -0.3 is 15.3 Å². The van der Waals surface area contributed by atoms with Crippen molar-refractivity contribution in [2.75, 3.05) is 11.9 Å². The van der Waals surface area contributed by atoms with Gasteiger partial charge in [0.05, 0.1) is 0 Å². The van der Waals surface area contributed by atoms with Crippen LogP contribution in [-0.2, 0) is 22.4 Å². The summed E-state index contributed by atoms with van der Waals surface area (Å²) in [7, 11) is 0. The number of pyridine rings is 1. The van der Waals surface area contributed by atoms with E-state index in [1.54, 1.807) is 6.07 Å². The summed E-state index contributed by atoms with van der Waals surface area (Å²) >= 11 is 0.